The Bertz CT molecular complexity index is 1080. The van der Waals surface area contributed by atoms with E-state index in [0.717, 1.165) is 21.6 Å². The van der Waals surface area contributed by atoms with Gasteiger partial charge in [0.15, 0.2) is 6.61 Å². The molecule has 2 aromatic carbocycles. The predicted molar refractivity (Wildman–Crippen MR) is 112 cm³/mol. The van der Waals surface area contributed by atoms with Crippen molar-refractivity contribution in [2.24, 2.45) is 5.92 Å². The van der Waals surface area contributed by atoms with Crippen molar-refractivity contribution in [2.45, 2.75) is 12.6 Å². The minimum atomic E-state index is -4.67. The smallest absolute Gasteiger partial charge is 0.418 e. The molecule has 174 valence electrons. The molecular weight excluding hydrogens is 511 g/mol. The van der Waals surface area contributed by atoms with Gasteiger partial charge in [0.05, 0.1) is 23.7 Å². The summed E-state index contributed by atoms with van der Waals surface area (Å²) >= 11 is 3.25. The second kappa shape index (κ2) is 10.0. The maximum Gasteiger partial charge on any atom is 0.418 e. The van der Waals surface area contributed by atoms with E-state index in [2.05, 4.69) is 26.7 Å². The Morgan fingerprint density at radius 2 is 1.76 bits per heavy atom. The lowest BCUT2D eigenvalue weighted by Gasteiger charge is -2.17. The summed E-state index contributed by atoms with van der Waals surface area (Å²) in [5.74, 6) is -3.87. The molecule has 1 saturated heterocycles. The van der Waals surface area contributed by atoms with E-state index in [1.165, 1.54) is 12.1 Å². The number of hydrogen-bond donors (Lipinski definition) is 2. The predicted octanol–water partition coefficient (Wildman–Crippen LogP) is 3.14. The van der Waals surface area contributed by atoms with Crippen LogP contribution in [0.3, 0.4) is 0 Å². The zero-order valence-electron chi connectivity index (χ0n) is 16.8. The largest absolute Gasteiger partial charge is 0.455 e. The molecule has 0 saturated carbocycles. The number of rotatable bonds is 6. The van der Waals surface area contributed by atoms with Crippen molar-refractivity contribution in [3.8, 4) is 0 Å². The maximum absolute atomic E-state index is 13.0. The van der Waals surface area contributed by atoms with Crippen molar-refractivity contribution in [1.82, 2.24) is 10.4 Å². The Labute approximate surface area is 194 Å². The van der Waals surface area contributed by atoms with Gasteiger partial charge in [-0.25, -0.2) is 0 Å². The molecule has 12 heteroatoms. The number of para-hydroxylation sites is 1. The van der Waals surface area contributed by atoms with Gasteiger partial charge in [0.1, 0.15) is 0 Å². The highest BCUT2D eigenvalue weighted by molar-refractivity contribution is 9.10. The van der Waals surface area contributed by atoms with Crippen LogP contribution in [0.5, 0.6) is 0 Å². The molecule has 1 fully saturated rings. The van der Waals surface area contributed by atoms with Gasteiger partial charge in [0.2, 0.25) is 5.91 Å². The number of alkyl halides is 3. The van der Waals surface area contributed by atoms with Crippen molar-refractivity contribution in [3.63, 3.8) is 0 Å². The summed E-state index contributed by atoms with van der Waals surface area (Å²) in [6.45, 7) is -1.00. The summed E-state index contributed by atoms with van der Waals surface area (Å²) in [4.78, 5) is 48.6. The monoisotopic (exact) mass is 527 g/mol. The molecule has 1 aliphatic heterocycles. The van der Waals surface area contributed by atoms with E-state index in [-0.39, 0.29) is 13.0 Å². The number of esters is 1. The third kappa shape index (κ3) is 6.31. The molecule has 0 aromatic heterocycles. The first-order valence-corrected chi connectivity index (χ1v) is 10.3. The molecule has 1 heterocycles. The third-order valence-electron chi connectivity index (χ3n) is 4.65. The van der Waals surface area contributed by atoms with Crippen LogP contribution >= 0.6 is 15.9 Å². The summed E-state index contributed by atoms with van der Waals surface area (Å²) in [6.07, 6.45) is -4.92. The van der Waals surface area contributed by atoms with Crippen LogP contribution in [-0.4, -0.2) is 41.9 Å². The van der Waals surface area contributed by atoms with Crippen molar-refractivity contribution in [2.75, 3.05) is 18.5 Å². The van der Waals surface area contributed by atoms with Crippen LogP contribution in [0.15, 0.2) is 53.0 Å². The number of nitrogens with zero attached hydrogens (tertiary/aromatic N) is 1. The highest BCUT2D eigenvalue weighted by Gasteiger charge is 2.37. The van der Waals surface area contributed by atoms with Gasteiger partial charge in [0.25, 0.3) is 11.8 Å². The van der Waals surface area contributed by atoms with Crippen LogP contribution in [0.1, 0.15) is 22.3 Å². The summed E-state index contributed by atoms with van der Waals surface area (Å²) in [6, 6.07) is 10.8. The number of nitrogens with one attached hydrogen (secondary N) is 2. The normalized spacial score (nSPS) is 15.8. The van der Waals surface area contributed by atoms with E-state index in [1.807, 2.05) is 0 Å². The molecule has 3 amide bonds. The summed E-state index contributed by atoms with van der Waals surface area (Å²) in [7, 11) is 0. The number of carbonyl (C=O) groups is 4. The standard InChI is InChI=1S/C21H17BrF3N3O5/c22-14-7-5-12(6-8-14)19(31)27-28-10-13(9-18(28)30)20(32)33-11-17(29)26-16-4-2-1-3-15(16)21(23,24)25/h1-8,13H,9-11H2,(H,26,29)(H,27,31)/t13-/m1/s1. The molecule has 0 unspecified atom stereocenters. The van der Waals surface area contributed by atoms with Gasteiger partial charge in [0, 0.05) is 16.5 Å². The number of hydrogen-bond acceptors (Lipinski definition) is 5. The molecule has 0 aliphatic carbocycles. The molecule has 1 aliphatic rings. The third-order valence-corrected chi connectivity index (χ3v) is 5.18. The molecule has 0 radical (unpaired) electrons. The van der Waals surface area contributed by atoms with Crippen LogP contribution in [0, 0.1) is 5.92 Å². The SMILES string of the molecule is O=C(COC(=O)[C@@H]1CC(=O)N(NC(=O)c2ccc(Br)cc2)C1)Nc1ccccc1C(F)(F)F. The van der Waals surface area contributed by atoms with Crippen molar-refractivity contribution in [3.05, 3.63) is 64.1 Å². The van der Waals surface area contributed by atoms with Gasteiger partial charge < -0.3 is 10.1 Å². The Morgan fingerprint density at radius 1 is 1.09 bits per heavy atom. The Balaban J connectivity index is 1.51. The Kier molecular flexibility index (Phi) is 7.36. The first-order valence-electron chi connectivity index (χ1n) is 9.54. The van der Waals surface area contributed by atoms with Gasteiger partial charge in [-0.1, -0.05) is 28.1 Å². The van der Waals surface area contributed by atoms with Crippen LogP contribution in [0.4, 0.5) is 18.9 Å². The lowest BCUT2D eigenvalue weighted by Crippen LogP contribution is -2.43. The molecule has 3 rings (SSSR count). The van der Waals surface area contributed by atoms with E-state index in [4.69, 9.17) is 4.74 Å². The lowest BCUT2D eigenvalue weighted by atomic mass is 10.1. The molecule has 2 N–H and O–H groups in total. The highest BCUT2D eigenvalue weighted by atomic mass is 79.9. The number of ether oxygens (including phenoxy) is 1. The zero-order valence-corrected chi connectivity index (χ0v) is 18.4. The van der Waals surface area contributed by atoms with Crippen LogP contribution in [-0.2, 0) is 25.3 Å². The Hall–Kier alpha value is -3.41. The lowest BCUT2D eigenvalue weighted by molar-refractivity contribution is -0.151. The van der Waals surface area contributed by atoms with Crippen molar-refractivity contribution >= 4 is 45.3 Å². The fourth-order valence-corrected chi connectivity index (χ4v) is 3.31. The molecule has 33 heavy (non-hydrogen) atoms. The van der Waals surface area contributed by atoms with E-state index >= 15 is 0 Å². The summed E-state index contributed by atoms with van der Waals surface area (Å²) in [5.41, 5.74) is 1.19. The van der Waals surface area contributed by atoms with Gasteiger partial charge in [-0.3, -0.25) is 29.6 Å². The summed E-state index contributed by atoms with van der Waals surface area (Å²) < 4.78 is 44.6. The van der Waals surface area contributed by atoms with E-state index in [0.29, 0.717) is 5.56 Å². The Morgan fingerprint density at radius 3 is 2.42 bits per heavy atom. The van der Waals surface area contributed by atoms with E-state index in [1.54, 1.807) is 24.3 Å². The highest BCUT2D eigenvalue weighted by Crippen LogP contribution is 2.34. The fourth-order valence-electron chi connectivity index (χ4n) is 3.04. The van der Waals surface area contributed by atoms with Crippen LogP contribution in [0.25, 0.3) is 0 Å². The number of anilines is 1. The molecule has 0 spiro atoms. The molecular formula is C21H17BrF3N3O5. The molecule has 1 atom stereocenters. The van der Waals surface area contributed by atoms with Crippen LogP contribution in [0.2, 0.25) is 0 Å². The molecule has 0 bridgehead atoms. The zero-order chi connectivity index (χ0) is 24.2. The fraction of sp³-hybridized carbons (Fsp3) is 0.238. The number of amides is 3. The minimum absolute atomic E-state index is 0.168. The van der Waals surface area contributed by atoms with Crippen LogP contribution < -0.4 is 10.7 Å². The second-order valence-corrected chi connectivity index (χ2v) is 7.97. The maximum atomic E-state index is 13.0. The van der Waals surface area contributed by atoms with E-state index < -0.39 is 53.6 Å². The number of hydrazine groups is 1. The van der Waals surface area contributed by atoms with Gasteiger partial charge >= 0.3 is 12.1 Å². The topological polar surface area (TPSA) is 105 Å². The molecule has 8 nitrogen and oxygen atoms in total. The first-order chi connectivity index (χ1) is 15.5. The van der Waals surface area contributed by atoms with Gasteiger partial charge in [-0.2, -0.15) is 13.2 Å². The van der Waals surface area contributed by atoms with E-state index in [9.17, 15) is 32.3 Å². The average Bonchev–Trinajstić information content (AvgIpc) is 3.12. The summed E-state index contributed by atoms with van der Waals surface area (Å²) in [5, 5.41) is 3.04. The number of halogens is 4. The van der Waals surface area contributed by atoms with Gasteiger partial charge in [-0.15, -0.1) is 0 Å². The number of benzene rings is 2. The molecule has 2 aromatic rings. The van der Waals surface area contributed by atoms with Crippen molar-refractivity contribution < 1.29 is 37.1 Å². The van der Waals surface area contributed by atoms with Gasteiger partial charge in [-0.05, 0) is 36.4 Å². The van der Waals surface area contributed by atoms with Crippen molar-refractivity contribution in [1.29, 1.82) is 0 Å². The minimum Gasteiger partial charge on any atom is -0.455 e. The second-order valence-electron chi connectivity index (χ2n) is 7.05. The quantitative estimate of drug-likeness (QED) is 0.561. The average molecular weight is 528 g/mol. The number of carbonyl (C=O) groups excluding carboxylic acids is 4. The first kappa shape index (κ1) is 24.2.